The predicted octanol–water partition coefficient (Wildman–Crippen LogP) is 1.88. The van der Waals surface area contributed by atoms with Crippen LogP contribution in [0.3, 0.4) is 0 Å². The lowest BCUT2D eigenvalue weighted by atomic mass is 10.0. The highest BCUT2D eigenvalue weighted by atomic mass is 32.2. The van der Waals surface area contributed by atoms with Crippen LogP contribution in [0.2, 0.25) is 0 Å². The fourth-order valence-corrected chi connectivity index (χ4v) is 4.41. The molecule has 2 heterocycles. The molecule has 0 aromatic heterocycles. The maximum atomic E-state index is 12.2. The van der Waals surface area contributed by atoms with Crippen LogP contribution >= 0.6 is 11.8 Å². The van der Waals surface area contributed by atoms with E-state index in [2.05, 4.69) is 34.5 Å². The lowest BCUT2D eigenvalue weighted by molar-refractivity contribution is -0.130. The summed E-state index contributed by atoms with van der Waals surface area (Å²) >= 11 is 1.85. The van der Waals surface area contributed by atoms with E-state index in [0.717, 1.165) is 38.9 Å². The van der Waals surface area contributed by atoms with E-state index in [1.165, 1.54) is 5.56 Å². The SMILES string of the molecule is O=C1CSC2(CCNCC2)N1CCc1ccccc1. The van der Waals surface area contributed by atoms with Gasteiger partial charge >= 0.3 is 0 Å². The van der Waals surface area contributed by atoms with Crippen LogP contribution in [-0.2, 0) is 11.2 Å². The molecule has 1 spiro atoms. The van der Waals surface area contributed by atoms with Crippen LogP contribution < -0.4 is 5.32 Å². The summed E-state index contributed by atoms with van der Waals surface area (Å²) in [5.74, 6) is 0.984. The Morgan fingerprint density at radius 1 is 1.21 bits per heavy atom. The number of nitrogens with zero attached hydrogens (tertiary/aromatic N) is 1. The van der Waals surface area contributed by atoms with Crippen molar-refractivity contribution in [1.29, 1.82) is 0 Å². The Morgan fingerprint density at radius 3 is 2.68 bits per heavy atom. The van der Waals surface area contributed by atoms with E-state index < -0.39 is 0 Å². The first kappa shape index (κ1) is 13.0. The molecule has 102 valence electrons. The number of rotatable bonds is 3. The normalized spacial score (nSPS) is 22.1. The van der Waals surface area contributed by atoms with Gasteiger partial charge in [-0.2, -0.15) is 0 Å². The molecule has 2 aliphatic heterocycles. The molecular formula is C15H20N2OS. The van der Waals surface area contributed by atoms with Crippen LogP contribution in [0, 0.1) is 0 Å². The van der Waals surface area contributed by atoms with Crippen LogP contribution in [-0.4, -0.2) is 41.1 Å². The molecule has 2 aliphatic rings. The quantitative estimate of drug-likeness (QED) is 0.915. The van der Waals surface area contributed by atoms with Gasteiger partial charge in [0.15, 0.2) is 0 Å². The zero-order chi connectivity index (χ0) is 13.1. The first-order valence-corrected chi connectivity index (χ1v) is 7.98. The van der Waals surface area contributed by atoms with E-state index in [4.69, 9.17) is 0 Å². The van der Waals surface area contributed by atoms with Crippen LogP contribution in [0.5, 0.6) is 0 Å². The third kappa shape index (κ3) is 2.65. The number of carbonyl (C=O) groups excluding carboxylic acids is 1. The number of thioether (sulfide) groups is 1. The average Bonchev–Trinajstić information content (AvgIpc) is 2.75. The van der Waals surface area contributed by atoms with Crippen molar-refractivity contribution in [3.63, 3.8) is 0 Å². The van der Waals surface area contributed by atoms with Crippen molar-refractivity contribution < 1.29 is 4.79 Å². The van der Waals surface area contributed by atoms with Crippen LogP contribution in [0.25, 0.3) is 0 Å². The summed E-state index contributed by atoms with van der Waals surface area (Å²) in [5, 5.41) is 3.39. The Morgan fingerprint density at radius 2 is 1.95 bits per heavy atom. The average molecular weight is 276 g/mol. The van der Waals surface area contributed by atoms with E-state index in [9.17, 15) is 4.79 Å². The number of hydrogen-bond acceptors (Lipinski definition) is 3. The monoisotopic (exact) mass is 276 g/mol. The largest absolute Gasteiger partial charge is 0.327 e. The summed E-state index contributed by atoms with van der Waals surface area (Å²) < 4.78 is 0. The molecule has 0 bridgehead atoms. The lowest BCUT2D eigenvalue weighted by Gasteiger charge is -2.40. The second kappa shape index (κ2) is 5.55. The summed E-state index contributed by atoms with van der Waals surface area (Å²) in [6.45, 7) is 2.92. The number of hydrogen-bond donors (Lipinski definition) is 1. The molecule has 1 amide bonds. The maximum Gasteiger partial charge on any atom is 0.233 e. The minimum atomic E-state index is 0.0805. The van der Waals surface area contributed by atoms with Gasteiger partial charge in [0, 0.05) is 6.54 Å². The van der Waals surface area contributed by atoms with Crippen molar-refractivity contribution in [1.82, 2.24) is 10.2 Å². The molecule has 0 atom stereocenters. The fraction of sp³-hybridized carbons (Fsp3) is 0.533. The van der Waals surface area contributed by atoms with E-state index in [1.54, 1.807) is 0 Å². The van der Waals surface area contributed by atoms with Gasteiger partial charge in [-0.3, -0.25) is 4.79 Å². The van der Waals surface area contributed by atoms with Gasteiger partial charge < -0.3 is 10.2 Å². The zero-order valence-electron chi connectivity index (χ0n) is 11.1. The van der Waals surface area contributed by atoms with E-state index in [0.29, 0.717) is 11.7 Å². The molecule has 2 saturated heterocycles. The number of amides is 1. The van der Waals surface area contributed by atoms with Crippen LogP contribution in [0.15, 0.2) is 30.3 Å². The molecule has 19 heavy (non-hydrogen) atoms. The smallest absolute Gasteiger partial charge is 0.233 e. The second-order valence-electron chi connectivity index (χ2n) is 5.27. The van der Waals surface area contributed by atoms with E-state index >= 15 is 0 Å². The summed E-state index contributed by atoms with van der Waals surface area (Å²) in [7, 11) is 0. The van der Waals surface area contributed by atoms with Gasteiger partial charge in [0.2, 0.25) is 5.91 Å². The van der Waals surface area contributed by atoms with E-state index in [1.807, 2.05) is 17.8 Å². The van der Waals surface area contributed by atoms with Crippen molar-refractivity contribution in [2.24, 2.45) is 0 Å². The van der Waals surface area contributed by atoms with E-state index in [-0.39, 0.29) is 4.87 Å². The van der Waals surface area contributed by atoms with Gasteiger partial charge in [0.25, 0.3) is 0 Å². The summed E-state index contributed by atoms with van der Waals surface area (Å²) in [6.07, 6.45) is 3.12. The zero-order valence-corrected chi connectivity index (χ0v) is 11.9. The number of carbonyl (C=O) groups is 1. The topological polar surface area (TPSA) is 32.3 Å². The van der Waals surface area contributed by atoms with Crippen LogP contribution in [0.4, 0.5) is 0 Å². The number of nitrogens with one attached hydrogen (secondary N) is 1. The Kier molecular flexibility index (Phi) is 3.80. The predicted molar refractivity (Wildman–Crippen MR) is 79.2 cm³/mol. The van der Waals surface area contributed by atoms with Gasteiger partial charge in [-0.05, 0) is 37.9 Å². The van der Waals surface area contributed by atoms with Gasteiger partial charge in [-0.25, -0.2) is 0 Å². The molecule has 2 fully saturated rings. The highest BCUT2D eigenvalue weighted by molar-refractivity contribution is 8.01. The minimum absolute atomic E-state index is 0.0805. The van der Waals surface area contributed by atoms with Gasteiger partial charge in [0.05, 0.1) is 10.6 Å². The second-order valence-corrected chi connectivity index (χ2v) is 6.60. The third-order valence-corrected chi connectivity index (χ3v) is 5.67. The van der Waals surface area contributed by atoms with Crippen molar-refractivity contribution >= 4 is 17.7 Å². The molecule has 0 saturated carbocycles. The molecular weight excluding hydrogens is 256 g/mol. The number of piperidine rings is 1. The Labute approximate surface area is 118 Å². The van der Waals surface area contributed by atoms with Crippen molar-refractivity contribution in [3.05, 3.63) is 35.9 Å². The van der Waals surface area contributed by atoms with Crippen molar-refractivity contribution in [2.75, 3.05) is 25.4 Å². The summed E-state index contributed by atoms with van der Waals surface area (Å²) in [6, 6.07) is 10.5. The Balaban J connectivity index is 1.69. The Bertz CT molecular complexity index is 443. The Hall–Kier alpha value is -1.00. The highest BCUT2D eigenvalue weighted by Gasteiger charge is 2.46. The first-order chi connectivity index (χ1) is 9.30. The molecule has 0 unspecified atom stereocenters. The fourth-order valence-electron chi connectivity index (χ4n) is 3.02. The van der Waals surface area contributed by atoms with Crippen molar-refractivity contribution in [2.45, 2.75) is 24.1 Å². The summed E-state index contributed by atoms with van der Waals surface area (Å²) in [4.78, 5) is 14.4. The maximum absolute atomic E-state index is 12.2. The summed E-state index contributed by atoms with van der Waals surface area (Å²) in [5.41, 5.74) is 1.32. The first-order valence-electron chi connectivity index (χ1n) is 6.99. The third-order valence-electron chi connectivity index (χ3n) is 4.11. The van der Waals surface area contributed by atoms with Gasteiger partial charge in [0.1, 0.15) is 0 Å². The van der Waals surface area contributed by atoms with Crippen molar-refractivity contribution in [3.8, 4) is 0 Å². The van der Waals surface area contributed by atoms with Crippen LogP contribution in [0.1, 0.15) is 18.4 Å². The molecule has 0 radical (unpaired) electrons. The standard InChI is InChI=1S/C15H20N2OS/c18-14-12-19-15(7-9-16-10-8-15)17(14)11-6-13-4-2-1-3-5-13/h1-5,16H,6-12H2. The highest BCUT2D eigenvalue weighted by Crippen LogP contribution is 2.43. The molecule has 1 N–H and O–H groups in total. The molecule has 1 aromatic rings. The van der Waals surface area contributed by atoms with Gasteiger partial charge in [-0.1, -0.05) is 30.3 Å². The molecule has 1 aromatic carbocycles. The lowest BCUT2D eigenvalue weighted by Crippen LogP contribution is -2.51. The molecule has 3 rings (SSSR count). The molecule has 0 aliphatic carbocycles. The molecule has 4 heteroatoms. The minimum Gasteiger partial charge on any atom is -0.327 e. The molecule has 3 nitrogen and oxygen atoms in total. The number of benzene rings is 1. The van der Waals surface area contributed by atoms with Gasteiger partial charge in [-0.15, -0.1) is 11.8 Å².